The van der Waals surface area contributed by atoms with E-state index < -0.39 is 0 Å². The first kappa shape index (κ1) is 11.7. The molecule has 0 N–H and O–H groups in total. The fraction of sp³-hybridized carbons (Fsp3) is 0.0714. The van der Waals surface area contributed by atoms with Crippen molar-refractivity contribution in [2.24, 2.45) is 0 Å². The molecule has 0 aliphatic heterocycles. The monoisotopic (exact) mass is 245 g/mol. The molecule has 2 aromatic carbocycles. The zero-order valence-corrected chi connectivity index (χ0v) is 9.78. The summed E-state index contributed by atoms with van der Waals surface area (Å²) < 4.78 is 5.56. The van der Waals surface area contributed by atoms with Crippen LogP contribution >= 0.6 is 11.6 Å². The summed E-state index contributed by atoms with van der Waals surface area (Å²) in [6.07, 6.45) is 1.83. The van der Waals surface area contributed by atoms with E-state index in [9.17, 15) is 4.79 Å². The van der Waals surface area contributed by atoms with Crippen LogP contribution in [0.4, 0.5) is 0 Å². The molecule has 2 aromatic rings. The van der Waals surface area contributed by atoms with E-state index in [0.717, 1.165) is 11.3 Å². The van der Waals surface area contributed by atoms with E-state index in [0.29, 0.717) is 17.2 Å². The van der Waals surface area contributed by atoms with Crippen LogP contribution in [0.3, 0.4) is 0 Å². The Balaban J connectivity index is 1.97. The highest BCUT2D eigenvalue weighted by molar-refractivity contribution is 6.30. The van der Waals surface area contributed by atoms with E-state index in [1.165, 1.54) is 0 Å². The van der Waals surface area contributed by atoms with Crippen molar-refractivity contribution in [3.63, 3.8) is 0 Å². The van der Waals surface area contributed by atoms with E-state index in [-0.39, 0.29) is 0 Å². The van der Waals surface area contributed by atoms with Crippen LogP contribution in [0.5, 0.6) is 5.75 Å². The maximum Gasteiger partial charge on any atom is 0.233 e. The molecule has 0 amide bonds. The molecule has 2 nitrogen and oxygen atoms in total. The Morgan fingerprint density at radius 1 is 1.00 bits per heavy atom. The summed E-state index contributed by atoms with van der Waals surface area (Å²) >= 11 is 5.77. The second-order valence-corrected chi connectivity index (χ2v) is 3.98. The first-order valence-corrected chi connectivity index (χ1v) is 5.51. The molecule has 2 rings (SSSR count). The number of halogens is 1. The van der Waals surface area contributed by atoms with E-state index in [1.54, 1.807) is 24.3 Å². The van der Waals surface area contributed by atoms with Gasteiger partial charge in [0.05, 0.1) is 0 Å². The van der Waals surface area contributed by atoms with Gasteiger partial charge in [0.2, 0.25) is 6.29 Å². The van der Waals surface area contributed by atoms with Gasteiger partial charge in [-0.2, -0.15) is 0 Å². The minimum absolute atomic E-state index is 0.459. The Bertz CT molecular complexity index is 489. The van der Waals surface area contributed by atoms with Crippen molar-refractivity contribution in [2.45, 2.75) is 6.61 Å². The van der Waals surface area contributed by atoms with Crippen LogP contribution in [0.2, 0.25) is 5.02 Å². The highest BCUT2D eigenvalue weighted by Gasteiger charge is 1.97. The molecule has 0 fully saturated rings. The number of benzene rings is 2. The first-order chi connectivity index (χ1) is 8.28. The third-order valence-electron chi connectivity index (χ3n) is 2.29. The SMILES string of the molecule is O=[C]c1ccc(COc2ccc(Cl)cc2)cc1. The van der Waals surface area contributed by atoms with E-state index in [1.807, 2.05) is 30.6 Å². The van der Waals surface area contributed by atoms with Crippen LogP contribution in [0.1, 0.15) is 11.1 Å². The normalized spacial score (nSPS) is 9.94. The first-order valence-electron chi connectivity index (χ1n) is 5.13. The second kappa shape index (κ2) is 5.51. The number of rotatable bonds is 4. The van der Waals surface area contributed by atoms with Gasteiger partial charge in [0.15, 0.2) is 0 Å². The molecule has 0 bridgehead atoms. The zero-order chi connectivity index (χ0) is 12.1. The Kier molecular flexibility index (Phi) is 3.78. The van der Waals surface area contributed by atoms with Gasteiger partial charge >= 0.3 is 0 Å². The molecule has 0 atom stereocenters. The third-order valence-corrected chi connectivity index (χ3v) is 2.54. The van der Waals surface area contributed by atoms with E-state index in [4.69, 9.17) is 16.3 Å². The van der Waals surface area contributed by atoms with Crippen molar-refractivity contribution in [3.8, 4) is 5.75 Å². The summed E-state index contributed by atoms with van der Waals surface area (Å²) in [5, 5.41) is 0.684. The summed E-state index contributed by atoms with van der Waals surface area (Å²) in [5.41, 5.74) is 1.54. The molecular weight excluding hydrogens is 236 g/mol. The molecule has 17 heavy (non-hydrogen) atoms. The standard InChI is InChI=1S/C14H10ClO2/c15-13-5-7-14(8-6-13)17-10-12-3-1-11(9-16)2-4-12/h1-8H,10H2. The van der Waals surface area contributed by atoms with Gasteiger partial charge in [-0.15, -0.1) is 0 Å². The van der Waals surface area contributed by atoms with Crippen molar-refractivity contribution in [2.75, 3.05) is 0 Å². The molecule has 0 aliphatic rings. The summed E-state index contributed by atoms with van der Waals surface area (Å²) in [5.74, 6) is 0.764. The minimum atomic E-state index is 0.459. The van der Waals surface area contributed by atoms with Crippen LogP contribution in [-0.4, -0.2) is 6.29 Å². The lowest BCUT2D eigenvalue weighted by molar-refractivity contribution is 0.306. The van der Waals surface area contributed by atoms with Crippen molar-refractivity contribution in [1.29, 1.82) is 0 Å². The van der Waals surface area contributed by atoms with Gasteiger partial charge in [-0.1, -0.05) is 35.9 Å². The van der Waals surface area contributed by atoms with Crippen LogP contribution in [0.25, 0.3) is 0 Å². The predicted octanol–water partition coefficient (Wildman–Crippen LogP) is 3.38. The Morgan fingerprint density at radius 2 is 1.65 bits per heavy atom. The molecule has 3 heteroatoms. The fourth-order valence-electron chi connectivity index (χ4n) is 1.37. The summed E-state index contributed by atoms with van der Waals surface area (Å²) in [4.78, 5) is 10.4. The molecule has 0 saturated heterocycles. The maximum atomic E-state index is 10.4. The zero-order valence-electron chi connectivity index (χ0n) is 9.02. The van der Waals surface area contributed by atoms with Crippen LogP contribution in [-0.2, 0) is 11.4 Å². The van der Waals surface area contributed by atoms with Gasteiger partial charge in [0.1, 0.15) is 12.4 Å². The molecule has 0 aliphatic carbocycles. The molecule has 0 unspecified atom stereocenters. The molecule has 0 spiro atoms. The van der Waals surface area contributed by atoms with Crippen LogP contribution in [0.15, 0.2) is 48.5 Å². The Morgan fingerprint density at radius 3 is 2.24 bits per heavy atom. The quantitative estimate of drug-likeness (QED) is 0.826. The molecule has 0 aromatic heterocycles. The highest BCUT2D eigenvalue weighted by atomic mass is 35.5. The van der Waals surface area contributed by atoms with Gasteiger partial charge in [-0.25, -0.2) is 0 Å². The van der Waals surface area contributed by atoms with Gasteiger partial charge in [-0.05, 0) is 29.8 Å². The maximum absolute atomic E-state index is 10.4. The van der Waals surface area contributed by atoms with Crippen molar-refractivity contribution < 1.29 is 9.53 Å². The lowest BCUT2D eigenvalue weighted by Crippen LogP contribution is -1.95. The molecule has 1 radical (unpaired) electrons. The number of hydrogen-bond acceptors (Lipinski definition) is 2. The molecule has 0 heterocycles. The van der Waals surface area contributed by atoms with Gasteiger partial charge in [-0.3, -0.25) is 4.79 Å². The van der Waals surface area contributed by atoms with Crippen molar-refractivity contribution in [1.82, 2.24) is 0 Å². The average molecular weight is 246 g/mol. The number of ether oxygens (including phenoxy) is 1. The van der Waals surface area contributed by atoms with Gasteiger partial charge in [0.25, 0.3) is 0 Å². The largest absolute Gasteiger partial charge is 0.489 e. The van der Waals surface area contributed by atoms with Gasteiger partial charge in [0, 0.05) is 10.6 Å². The molecule has 0 saturated carbocycles. The topological polar surface area (TPSA) is 26.3 Å². The fourth-order valence-corrected chi connectivity index (χ4v) is 1.49. The lowest BCUT2D eigenvalue weighted by Gasteiger charge is -2.06. The van der Waals surface area contributed by atoms with E-state index >= 15 is 0 Å². The van der Waals surface area contributed by atoms with Crippen molar-refractivity contribution in [3.05, 3.63) is 64.7 Å². The molecular formula is C14H10ClO2. The number of hydrogen-bond donors (Lipinski definition) is 0. The Hall–Kier alpha value is -1.80. The van der Waals surface area contributed by atoms with Crippen LogP contribution < -0.4 is 4.74 Å². The predicted molar refractivity (Wildman–Crippen MR) is 67.0 cm³/mol. The summed E-state index contributed by atoms with van der Waals surface area (Å²) in [6, 6.07) is 14.3. The smallest absolute Gasteiger partial charge is 0.233 e. The highest BCUT2D eigenvalue weighted by Crippen LogP contribution is 2.16. The van der Waals surface area contributed by atoms with Gasteiger partial charge < -0.3 is 4.74 Å². The van der Waals surface area contributed by atoms with Crippen LogP contribution in [0, 0.1) is 0 Å². The molecule has 85 valence electrons. The number of carbonyl (C=O) groups excluding carboxylic acids is 1. The van der Waals surface area contributed by atoms with Crippen molar-refractivity contribution >= 4 is 17.9 Å². The third kappa shape index (κ3) is 3.33. The van der Waals surface area contributed by atoms with E-state index in [2.05, 4.69) is 0 Å². The Labute approximate surface area is 105 Å². The lowest BCUT2D eigenvalue weighted by atomic mass is 10.2. The average Bonchev–Trinajstić information content (AvgIpc) is 2.39. The second-order valence-electron chi connectivity index (χ2n) is 3.54. The minimum Gasteiger partial charge on any atom is -0.489 e. The summed E-state index contributed by atoms with van der Waals surface area (Å²) in [6.45, 7) is 0.459. The summed E-state index contributed by atoms with van der Waals surface area (Å²) in [7, 11) is 0.